The molecule has 2 nitrogen and oxygen atoms in total. The molecule has 2 rings (SSSR count). The Morgan fingerprint density at radius 1 is 1.08 bits per heavy atom. The van der Waals surface area contributed by atoms with Crippen LogP contribution in [0, 0.1) is 5.41 Å². The molecule has 1 N–H and O–H groups in total. The molecular weight excluding hydrogens is 392 g/mol. The third-order valence-corrected chi connectivity index (χ3v) is 6.64. The van der Waals surface area contributed by atoms with Crippen molar-refractivity contribution in [2.24, 2.45) is 5.41 Å². The van der Waals surface area contributed by atoms with E-state index >= 15 is 0 Å². The Kier molecular flexibility index (Phi) is 3.43. The molecule has 2 aliphatic heterocycles. The molecule has 0 unspecified atom stereocenters. The molecule has 0 aromatic rings. The minimum atomic E-state index is 0.420. The molecule has 2 aliphatic rings. The highest BCUT2D eigenvalue weighted by Crippen LogP contribution is 2.54. The van der Waals surface area contributed by atoms with Gasteiger partial charge in [0.25, 0.3) is 0 Å². The summed E-state index contributed by atoms with van der Waals surface area (Å²) >= 11 is 5.28. The van der Waals surface area contributed by atoms with Gasteiger partial charge in [-0.15, -0.1) is 0 Å². The summed E-state index contributed by atoms with van der Waals surface area (Å²) in [6, 6.07) is 0. The lowest BCUT2D eigenvalue weighted by Gasteiger charge is -2.49. The highest BCUT2D eigenvalue weighted by molar-refractivity contribution is 14.2. The van der Waals surface area contributed by atoms with Gasteiger partial charge in [-0.05, 0) is 32.4 Å². The Hall–Kier alpha value is 1.38. The third-order valence-electron chi connectivity index (χ3n) is 3.28. The number of alkyl halides is 2. The molecule has 4 heteroatoms. The number of nitrogens with one attached hydrogen (secondary N) is 1. The van der Waals surface area contributed by atoms with Crippen LogP contribution in [0.15, 0.2) is 0 Å². The van der Waals surface area contributed by atoms with Gasteiger partial charge in [-0.1, -0.05) is 45.2 Å². The Bertz CT molecular complexity index is 182. The Labute approximate surface area is 107 Å². The maximum atomic E-state index is 5.66. The van der Waals surface area contributed by atoms with Crippen LogP contribution in [-0.4, -0.2) is 27.7 Å². The first-order valence-electron chi connectivity index (χ1n) is 4.83. The first-order chi connectivity index (χ1) is 6.16. The van der Waals surface area contributed by atoms with E-state index in [4.69, 9.17) is 4.74 Å². The average molecular weight is 407 g/mol. The van der Waals surface area contributed by atoms with E-state index in [2.05, 4.69) is 50.5 Å². The maximum absolute atomic E-state index is 5.66. The molecular formula is C9H15I2NO. The van der Waals surface area contributed by atoms with Crippen LogP contribution in [0.4, 0.5) is 0 Å². The SMILES string of the molecule is IC1(I)CCOCC12CCNCC2. The standard InChI is InChI=1S/C9H15I2NO/c10-9(11)3-6-13-7-8(9)1-4-12-5-2-8/h12H,1-7H2. The van der Waals surface area contributed by atoms with Gasteiger partial charge in [-0.3, -0.25) is 0 Å². The Morgan fingerprint density at radius 3 is 2.38 bits per heavy atom. The molecule has 0 atom stereocenters. The van der Waals surface area contributed by atoms with Crippen molar-refractivity contribution in [3.63, 3.8) is 0 Å². The summed E-state index contributed by atoms with van der Waals surface area (Å²) < 4.78 is 6.08. The predicted octanol–water partition coefficient (Wildman–Crippen LogP) is 2.34. The van der Waals surface area contributed by atoms with E-state index in [1.807, 2.05) is 0 Å². The smallest absolute Gasteiger partial charge is 0.0835 e. The Morgan fingerprint density at radius 2 is 1.77 bits per heavy atom. The zero-order valence-electron chi connectivity index (χ0n) is 7.61. The lowest BCUT2D eigenvalue weighted by atomic mass is 9.75. The van der Waals surface area contributed by atoms with Gasteiger partial charge in [0.2, 0.25) is 0 Å². The fourth-order valence-electron chi connectivity index (χ4n) is 2.25. The zero-order valence-corrected chi connectivity index (χ0v) is 11.9. The molecule has 0 saturated carbocycles. The predicted molar refractivity (Wildman–Crippen MR) is 70.7 cm³/mol. The number of rotatable bonds is 0. The third kappa shape index (κ3) is 2.01. The van der Waals surface area contributed by atoms with Gasteiger partial charge in [0, 0.05) is 12.0 Å². The molecule has 2 fully saturated rings. The van der Waals surface area contributed by atoms with Crippen molar-refractivity contribution < 1.29 is 4.74 Å². The molecule has 0 aromatic heterocycles. The molecule has 0 aromatic carbocycles. The van der Waals surface area contributed by atoms with Crippen molar-refractivity contribution in [3.05, 3.63) is 0 Å². The van der Waals surface area contributed by atoms with Crippen LogP contribution in [0.3, 0.4) is 0 Å². The van der Waals surface area contributed by atoms with Crippen LogP contribution in [-0.2, 0) is 4.74 Å². The number of ether oxygens (including phenoxy) is 1. The largest absolute Gasteiger partial charge is 0.381 e. The van der Waals surface area contributed by atoms with E-state index in [-0.39, 0.29) is 0 Å². The topological polar surface area (TPSA) is 21.3 Å². The van der Waals surface area contributed by atoms with Gasteiger partial charge in [0.05, 0.1) is 8.04 Å². The van der Waals surface area contributed by atoms with Crippen molar-refractivity contribution in [1.29, 1.82) is 0 Å². The summed E-state index contributed by atoms with van der Waals surface area (Å²) in [5.74, 6) is 0. The maximum Gasteiger partial charge on any atom is 0.0835 e. The fraction of sp³-hybridized carbons (Fsp3) is 1.00. The second-order valence-electron chi connectivity index (χ2n) is 4.04. The minimum Gasteiger partial charge on any atom is -0.381 e. The molecule has 0 amide bonds. The van der Waals surface area contributed by atoms with Crippen LogP contribution >= 0.6 is 45.2 Å². The van der Waals surface area contributed by atoms with Crippen molar-refractivity contribution in [3.8, 4) is 0 Å². The van der Waals surface area contributed by atoms with Gasteiger partial charge in [0.15, 0.2) is 0 Å². The van der Waals surface area contributed by atoms with Gasteiger partial charge in [0.1, 0.15) is 0 Å². The van der Waals surface area contributed by atoms with E-state index in [0.29, 0.717) is 6.84 Å². The molecule has 2 saturated heterocycles. The highest BCUT2D eigenvalue weighted by atomic mass is 127. The molecule has 0 aliphatic carbocycles. The second kappa shape index (κ2) is 4.09. The van der Waals surface area contributed by atoms with Crippen LogP contribution in [0.5, 0.6) is 0 Å². The normalized spacial score (nSPS) is 31.8. The summed E-state index contributed by atoms with van der Waals surface area (Å²) in [7, 11) is 0. The average Bonchev–Trinajstić information content (AvgIpc) is 2.12. The van der Waals surface area contributed by atoms with Crippen molar-refractivity contribution >= 4 is 45.2 Å². The highest BCUT2D eigenvalue weighted by Gasteiger charge is 2.50. The summed E-state index contributed by atoms with van der Waals surface area (Å²) in [4.78, 5) is 0. The van der Waals surface area contributed by atoms with Crippen molar-refractivity contribution in [2.45, 2.75) is 20.7 Å². The molecule has 1 spiro atoms. The Balaban J connectivity index is 2.16. The lowest BCUT2D eigenvalue weighted by Crippen LogP contribution is -2.52. The van der Waals surface area contributed by atoms with Gasteiger partial charge < -0.3 is 10.1 Å². The monoisotopic (exact) mass is 407 g/mol. The van der Waals surface area contributed by atoms with Gasteiger partial charge in [-0.2, -0.15) is 0 Å². The quantitative estimate of drug-likeness (QED) is 0.492. The summed E-state index contributed by atoms with van der Waals surface area (Å²) in [6.07, 6.45) is 3.76. The summed E-state index contributed by atoms with van der Waals surface area (Å²) in [5.41, 5.74) is 0.442. The first kappa shape index (κ1) is 10.9. The molecule has 13 heavy (non-hydrogen) atoms. The molecule has 0 radical (unpaired) electrons. The van der Waals surface area contributed by atoms with E-state index < -0.39 is 0 Å². The van der Waals surface area contributed by atoms with E-state index in [0.717, 1.165) is 26.3 Å². The number of hydrogen-bond donors (Lipinski definition) is 1. The molecule has 2 heterocycles. The van der Waals surface area contributed by atoms with Crippen LogP contribution < -0.4 is 5.32 Å². The van der Waals surface area contributed by atoms with Crippen molar-refractivity contribution in [1.82, 2.24) is 5.32 Å². The van der Waals surface area contributed by atoms with Crippen LogP contribution in [0.25, 0.3) is 0 Å². The minimum absolute atomic E-state index is 0.420. The molecule has 76 valence electrons. The van der Waals surface area contributed by atoms with E-state index in [1.54, 1.807) is 0 Å². The zero-order chi connectivity index (χ0) is 9.36. The van der Waals surface area contributed by atoms with E-state index in [1.165, 1.54) is 19.3 Å². The molecule has 0 bridgehead atoms. The van der Waals surface area contributed by atoms with Crippen LogP contribution in [0.1, 0.15) is 19.3 Å². The van der Waals surface area contributed by atoms with Gasteiger partial charge in [-0.25, -0.2) is 0 Å². The second-order valence-corrected chi connectivity index (χ2v) is 9.78. The number of halogens is 2. The fourth-order valence-corrected chi connectivity index (χ4v) is 4.08. The lowest BCUT2D eigenvalue weighted by molar-refractivity contribution is -0.0188. The van der Waals surface area contributed by atoms with Crippen LogP contribution in [0.2, 0.25) is 0 Å². The summed E-state index contributed by atoms with van der Waals surface area (Å²) in [5, 5.41) is 3.43. The van der Waals surface area contributed by atoms with E-state index in [9.17, 15) is 0 Å². The summed E-state index contributed by atoms with van der Waals surface area (Å²) in [6.45, 7) is 4.25. The number of hydrogen-bond acceptors (Lipinski definition) is 2. The van der Waals surface area contributed by atoms with Gasteiger partial charge >= 0.3 is 0 Å². The number of piperidine rings is 1. The van der Waals surface area contributed by atoms with Crippen molar-refractivity contribution in [2.75, 3.05) is 26.3 Å². The first-order valence-corrected chi connectivity index (χ1v) is 6.98.